The quantitative estimate of drug-likeness (QED) is 0.463. The van der Waals surface area contributed by atoms with Crippen molar-refractivity contribution in [1.29, 1.82) is 0 Å². The Morgan fingerprint density at radius 1 is 1.06 bits per heavy atom. The summed E-state index contributed by atoms with van der Waals surface area (Å²) >= 11 is 0. The van der Waals surface area contributed by atoms with E-state index in [9.17, 15) is 4.79 Å². The highest BCUT2D eigenvalue weighted by molar-refractivity contribution is 6.07. The molecule has 0 unspecified atom stereocenters. The van der Waals surface area contributed by atoms with E-state index >= 15 is 0 Å². The van der Waals surface area contributed by atoms with Gasteiger partial charge in [-0.2, -0.15) is 10.2 Å². The highest BCUT2D eigenvalue weighted by Gasteiger charge is 2.16. The van der Waals surface area contributed by atoms with E-state index < -0.39 is 0 Å². The molecule has 6 rings (SSSR count). The van der Waals surface area contributed by atoms with Crippen molar-refractivity contribution in [1.82, 2.24) is 34.5 Å². The second-order valence-electron chi connectivity index (χ2n) is 7.33. The van der Waals surface area contributed by atoms with Crippen molar-refractivity contribution in [2.24, 2.45) is 7.05 Å². The number of nitrogens with zero attached hydrogens (tertiary/aromatic N) is 5. The van der Waals surface area contributed by atoms with Gasteiger partial charge in [0.2, 0.25) is 5.88 Å². The Kier molecular flexibility index (Phi) is 3.69. The molecule has 6 aromatic rings. The fraction of sp³-hybridized carbons (Fsp3) is 0.0909. The fourth-order valence-electron chi connectivity index (χ4n) is 3.99. The third kappa shape index (κ3) is 2.71. The Morgan fingerprint density at radius 2 is 2.00 bits per heavy atom. The summed E-state index contributed by atoms with van der Waals surface area (Å²) in [5, 5.41) is 13.9. The number of hydrogen-bond donors (Lipinski definition) is 2. The number of nitrogens with one attached hydrogen (secondary N) is 2. The van der Waals surface area contributed by atoms with Crippen LogP contribution < -0.4 is 10.3 Å². The summed E-state index contributed by atoms with van der Waals surface area (Å²) in [6, 6.07) is 11.4. The molecule has 1 aromatic carbocycles. The molecule has 9 heteroatoms. The van der Waals surface area contributed by atoms with E-state index in [1.165, 1.54) is 4.68 Å². The third-order valence-corrected chi connectivity index (χ3v) is 5.50. The van der Waals surface area contributed by atoms with Crippen LogP contribution in [0, 0.1) is 0 Å². The lowest BCUT2D eigenvalue weighted by Crippen LogP contribution is -2.24. The van der Waals surface area contributed by atoms with E-state index in [0.717, 1.165) is 32.9 Å². The molecule has 0 aliphatic carbocycles. The van der Waals surface area contributed by atoms with Gasteiger partial charge in [-0.15, -0.1) is 0 Å². The minimum atomic E-state index is -0.166. The lowest BCUT2D eigenvalue weighted by molar-refractivity contribution is 0.470. The van der Waals surface area contributed by atoms with Crippen LogP contribution in [0.2, 0.25) is 0 Å². The molecule has 0 aliphatic rings. The minimum Gasteiger partial charge on any atom is -0.438 e. The monoisotopic (exact) mass is 411 g/mol. The highest BCUT2D eigenvalue weighted by Crippen LogP contribution is 2.32. The number of fused-ring (bicyclic) bond motifs is 4. The first kappa shape index (κ1) is 17.5. The molecule has 31 heavy (non-hydrogen) atoms. The van der Waals surface area contributed by atoms with Gasteiger partial charge in [-0.05, 0) is 30.3 Å². The van der Waals surface area contributed by atoms with Gasteiger partial charge in [0, 0.05) is 42.5 Å². The van der Waals surface area contributed by atoms with E-state index in [0.29, 0.717) is 23.7 Å². The molecule has 0 spiro atoms. The number of H-pyrrole nitrogens is 2. The van der Waals surface area contributed by atoms with Crippen LogP contribution >= 0.6 is 0 Å². The maximum Gasteiger partial charge on any atom is 0.291 e. The van der Waals surface area contributed by atoms with Crippen LogP contribution in [0.5, 0.6) is 11.6 Å². The Morgan fingerprint density at radius 3 is 2.87 bits per heavy atom. The van der Waals surface area contributed by atoms with Crippen molar-refractivity contribution in [3.63, 3.8) is 0 Å². The maximum absolute atomic E-state index is 13.1. The number of hydrogen-bond acceptors (Lipinski definition) is 5. The lowest BCUT2D eigenvalue weighted by Gasteiger charge is -2.06. The van der Waals surface area contributed by atoms with Gasteiger partial charge in [0.05, 0.1) is 34.9 Å². The molecule has 0 saturated carbocycles. The van der Waals surface area contributed by atoms with Crippen LogP contribution in [0.1, 0.15) is 5.69 Å². The molecule has 9 nitrogen and oxygen atoms in total. The van der Waals surface area contributed by atoms with Gasteiger partial charge in [0.25, 0.3) is 5.56 Å². The molecule has 5 heterocycles. The second-order valence-corrected chi connectivity index (χ2v) is 7.33. The molecule has 0 atom stereocenters. The predicted molar refractivity (Wildman–Crippen MR) is 116 cm³/mol. The molecule has 152 valence electrons. The average Bonchev–Trinajstić information content (AvgIpc) is 3.51. The van der Waals surface area contributed by atoms with E-state index in [4.69, 9.17) is 4.74 Å². The van der Waals surface area contributed by atoms with E-state index in [1.54, 1.807) is 18.6 Å². The molecule has 2 N–H and O–H groups in total. The highest BCUT2D eigenvalue weighted by atomic mass is 16.5. The van der Waals surface area contributed by atoms with Crippen LogP contribution in [0.15, 0.2) is 66.0 Å². The topological polar surface area (TPSA) is 106 Å². The number of benzene rings is 1. The molecule has 0 aliphatic heterocycles. The molecule has 0 radical (unpaired) electrons. The van der Waals surface area contributed by atoms with Gasteiger partial charge in [0.1, 0.15) is 11.3 Å². The molecule has 0 amide bonds. The van der Waals surface area contributed by atoms with E-state index in [-0.39, 0.29) is 5.56 Å². The van der Waals surface area contributed by atoms with Gasteiger partial charge in [0.15, 0.2) is 0 Å². The number of aryl methyl sites for hydroxylation is 1. The Labute approximate surface area is 174 Å². The van der Waals surface area contributed by atoms with Crippen molar-refractivity contribution < 1.29 is 4.74 Å². The van der Waals surface area contributed by atoms with Crippen LogP contribution in [-0.4, -0.2) is 34.5 Å². The zero-order chi connectivity index (χ0) is 20.9. The first-order valence-electron chi connectivity index (χ1n) is 9.76. The third-order valence-electron chi connectivity index (χ3n) is 5.50. The zero-order valence-electron chi connectivity index (χ0n) is 16.5. The van der Waals surface area contributed by atoms with Crippen molar-refractivity contribution in [3.05, 3.63) is 77.2 Å². The van der Waals surface area contributed by atoms with E-state index in [2.05, 4.69) is 25.3 Å². The average molecular weight is 411 g/mol. The molecule has 5 aromatic heterocycles. The molecular formula is C22H17N7O2. The van der Waals surface area contributed by atoms with Gasteiger partial charge >= 0.3 is 0 Å². The normalized spacial score (nSPS) is 11.6. The summed E-state index contributed by atoms with van der Waals surface area (Å²) in [7, 11) is 1.87. The number of aromatic nitrogens is 7. The van der Waals surface area contributed by atoms with E-state index in [1.807, 2.05) is 54.2 Å². The smallest absolute Gasteiger partial charge is 0.291 e. The summed E-state index contributed by atoms with van der Waals surface area (Å²) in [5.74, 6) is 1.17. The molecular weight excluding hydrogens is 394 g/mol. The van der Waals surface area contributed by atoms with Gasteiger partial charge < -0.3 is 14.3 Å². The van der Waals surface area contributed by atoms with Gasteiger partial charge in [-0.3, -0.25) is 9.89 Å². The van der Waals surface area contributed by atoms with Crippen molar-refractivity contribution >= 4 is 32.7 Å². The second kappa shape index (κ2) is 6.56. The summed E-state index contributed by atoms with van der Waals surface area (Å²) in [4.78, 5) is 20.6. The molecule has 0 saturated heterocycles. The number of rotatable bonds is 4. The number of aromatic amines is 2. The summed E-state index contributed by atoms with van der Waals surface area (Å²) in [6.07, 6.45) is 7.01. The SMILES string of the molecule is Cn1c2cc(Oc3nccc4[nH]ccc34)ccc2c2cnn(Cc3cc[nH]n3)c(=O)c21. The van der Waals surface area contributed by atoms with Crippen LogP contribution in [-0.2, 0) is 13.6 Å². The minimum absolute atomic E-state index is 0.166. The lowest BCUT2D eigenvalue weighted by atomic mass is 10.2. The molecule has 0 bridgehead atoms. The fourth-order valence-corrected chi connectivity index (χ4v) is 3.99. The molecule has 0 fully saturated rings. The number of pyridine rings is 1. The first-order valence-corrected chi connectivity index (χ1v) is 9.76. The largest absolute Gasteiger partial charge is 0.438 e. The van der Waals surface area contributed by atoms with Crippen LogP contribution in [0.25, 0.3) is 32.7 Å². The number of ether oxygens (including phenoxy) is 1. The van der Waals surface area contributed by atoms with Crippen molar-refractivity contribution in [2.75, 3.05) is 0 Å². The standard InChI is InChI=1S/C22H17N7O2/c1-28-19-10-14(31-21-16-5-7-23-18(16)6-8-24-21)2-3-15(19)17-11-26-29(22(30)20(17)28)12-13-4-9-25-27-13/h2-11,23H,12H2,1H3,(H,25,27). The first-order chi connectivity index (χ1) is 15.2. The predicted octanol–water partition coefficient (Wildman–Crippen LogP) is 3.33. The summed E-state index contributed by atoms with van der Waals surface area (Å²) < 4.78 is 9.38. The summed E-state index contributed by atoms with van der Waals surface area (Å²) in [6.45, 7) is 0.306. The van der Waals surface area contributed by atoms with Crippen LogP contribution in [0.4, 0.5) is 0 Å². The maximum atomic E-state index is 13.1. The van der Waals surface area contributed by atoms with Crippen molar-refractivity contribution in [2.45, 2.75) is 6.54 Å². The van der Waals surface area contributed by atoms with Crippen LogP contribution in [0.3, 0.4) is 0 Å². The Balaban J connectivity index is 1.46. The van der Waals surface area contributed by atoms with Gasteiger partial charge in [-0.1, -0.05) is 0 Å². The van der Waals surface area contributed by atoms with Crippen molar-refractivity contribution in [3.8, 4) is 11.6 Å². The Bertz CT molecular complexity index is 1620. The Hall–Kier alpha value is -4.40. The van der Waals surface area contributed by atoms with Gasteiger partial charge in [-0.25, -0.2) is 9.67 Å². The summed E-state index contributed by atoms with van der Waals surface area (Å²) in [5.41, 5.74) is 3.00. The zero-order valence-corrected chi connectivity index (χ0v) is 16.5.